The number of nitrogens with two attached hydrogens (primary N) is 1. The van der Waals surface area contributed by atoms with E-state index in [9.17, 15) is 20.1 Å². The number of aromatic amines is 1. The number of ether oxygens (including phenoxy) is 1. The van der Waals surface area contributed by atoms with Crippen molar-refractivity contribution in [3.63, 3.8) is 0 Å². The Morgan fingerprint density at radius 1 is 1.57 bits per heavy atom. The fourth-order valence-electron chi connectivity index (χ4n) is 2.56. The second kappa shape index (κ2) is 4.49. The molecule has 6 N–H and O–H groups in total. The van der Waals surface area contributed by atoms with Gasteiger partial charge in [0.15, 0.2) is 16.9 Å². The summed E-state index contributed by atoms with van der Waals surface area (Å²) in [5.41, 5.74) is 3.70. The van der Waals surface area contributed by atoms with Gasteiger partial charge in [-0.1, -0.05) is 0 Å². The Bertz CT molecular complexity index is 742. The fourth-order valence-corrected chi connectivity index (χ4v) is 2.56. The van der Waals surface area contributed by atoms with Gasteiger partial charge in [-0.3, -0.25) is 14.3 Å². The number of anilines is 1. The molecular formula is C11H15N5O5. The van der Waals surface area contributed by atoms with Crippen molar-refractivity contribution in [3.05, 3.63) is 16.7 Å². The SMILES string of the molecule is CC1(n2cnc3c(=O)[nH]c(N)nc32)O[C@H](CO)C(O)C1O. The van der Waals surface area contributed by atoms with Crippen LogP contribution in [0.4, 0.5) is 5.95 Å². The van der Waals surface area contributed by atoms with Gasteiger partial charge in [-0.25, -0.2) is 4.98 Å². The van der Waals surface area contributed by atoms with E-state index in [4.69, 9.17) is 10.5 Å². The summed E-state index contributed by atoms with van der Waals surface area (Å²) >= 11 is 0. The van der Waals surface area contributed by atoms with Crippen molar-refractivity contribution in [2.24, 2.45) is 0 Å². The summed E-state index contributed by atoms with van der Waals surface area (Å²) in [6, 6.07) is 0. The molecule has 114 valence electrons. The van der Waals surface area contributed by atoms with Crippen molar-refractivity contribution in [2.75, 3.05) is 12.3 Å². The van der Waals surface area contributed by atoms with E-state index in [2.05, 4.69) is 15.0 Å². The standard InChI is InChI=1S/C11H15N5O5/c1-11(7(19)6(18)4(2-17)21-11)16-3-13-5-8(16)14-10(12)15-9(5)20/h3-4,6-7,17-19H,2H2,1H3,(H3,12,14,15,20)/t4-,6?,7?,11?/m1/s1. The van der Waals surface area contributed by atoms with Gasteiger partial charge in [0.2, 0.25) is 5.95 Å². The second-order valence-corrected chi connectivity index (χ2v) is 5.07. The molecule has 1 saturated heterocycles. The molecule has 10 heteroatoms. The zero-order chi connectivity index (χ0) is 15.4. The first-order chi connectivity index (χ1) is 9.88. The van der Waals surface area contributed by atoms with Crippen LogP contribution in [0.1, 0.15) is 6.92 Å². The average Bonchev–Trinajstić information content (AvgIpc) is 2.95. The van der Waals surface area contributed by atoms with Crippen molar-refractivity contribution < 1.29 is 20.1 Å². The lowest BCUT2D eigenvalue weighted by Gasteiger charge is -2.29. The van der Waals surface area contributed by atoms with E-state index in [-0.39, 0.29) is 17.1 Å². The highest BCUT2D eigenvalue weighted by atomic mass is 16.6. The van der Waals surface area contributed by atoms with Crippen molar-refractivity contribution >= 4 is 17.1 Å². The third kappa shape index (κ3) is 1.84. The third-order valence-electron chi connectivity index (χ3n) is 3.73. The monoisotopic (exact) mass is 297 g/mol. The number of imidazole rings is 1. The minimum absolute atomic E-state index is 0.0307. The van der Waals surface area contributed by atoms with Crippen LogP contribution in [0.25, 0.3) is 11.2 Å². The van der Waals surface area contributed by atoms with Crippen LogP contribution in [0.15, 0.2) is 11.1 Å². The first-order valence-electron chi connectivity index (χ1n) is 6.26. The van der Waals surface area contributed by atoms with E-state index >= 15 is 0 Å². The molecule has 0 bridgehead atoms. The van der Waals surface area contributed by atoms with Gasteiger partial charge >= 0.3 is 0 Å². The van der Waals surface area contributed by atoms with Crippen molar-refractivity contribution in [2.45, 2.75) is 31.0 Å². The van der Waals surface area contributed by atoms with Gasteiger partial charge in [-0.15, -0.1) is 0 Å². The predicted octanol–water partition coefficient (Wildman–Crippen LogP) is -2.51. The number of nitrogens with zero attached hydrogens (tertiary/aromatic N) is 3. The lowest BCUT2D eigenvalue weighted by molar-refractivity contribution is -0.132. The molecule has 0 amide bonds. The van der Waals surface area contributed by atoms with Crippen LogP contribution in [0.2, 0.25) is 0 Å². The minimum Gasteiger partial charge on any atom is -0.394 e. The molecule has 0 saturated carbocycles. The van der Waals surface area contributed by atoms with Crippen molar-refractivity contribution in [1.82, 2.24) is 19.5 Å². The summed E-state index contributed by atoms with van der Waals surface area (Å²) in [4.78, 5) is 22.0. The number of H-pyrrole nitrogens is 1. The molecule has 0 aromatic carbocycles. The first-order valence-corrected chi connectivity index (χ1v) is 6.26. The van der Waals surface area contributed by atoms with Gasteiger partial charge in [-0.2, -0.15) is 4.98 Å². The van der Waals surface area contributed by atoms with E-state index in [0.717, 1.165) is 0 Å². The number of rotatable bonds is 2. The van der Waals surface area contributed by atoms with Crippen molar-refractivity contribution in [1.29, 1.82) is 0 Å². The molecule has 3 unspecified atom stereocenters. The van der Waals surface area contributed by atoms with Crippen LogP contribution in [0, 0.1) is 0 Å². The van der Waals surface area contributed by atoms with E-state index in [1.807, 2.05) is 0 Å². The Hall–Kier alpha value is -2.01. The molecule has 0 spiro atoms. The largest absolute Gasteiger partial charge is 0.394 e. The molecular weight excluding hydrogens is 282 g/mol. The number of aliphatic hydroxyl groups is 3. The molecule has 21 heavy (non-hydrogen) atoms. The lowest BCUT2D eigenvalue weighted by atomic mass is 10.0. The molecule has 2 aromatic rings. The van der Waals surface area contributed by atoms with E-state index in [1.54, 1.807) is 0 Å². The maximum atomic E-state index is 11.8. The molecule has 3 heterocycles. The topological polar surface area (TPSA) is 160 Å². The highest BCUT2D eigenvalue weighted by Gasteiger charge is 2.52. The molecule has 1 fully saturated rings. The second-order valence-electron chi connectivity index (χ2n) is 5.07. The number of fused-ring (bicyclic) bond motifs is 1. The van der Waals surface area contributed by atoms with Crippen LogP contribution in [0.3, 0.4) is 0 Å². The van der Waals surface area contributed by atoms with Gasteiger partial charge in [0, 0.05) is 0 Å². The van der Waals surface area contributed by atoms with Crippen LogP contribution in [-0.4, -0.2) is 59.8 Å². The normalized spacial score (nSPS) is 32.9. The zero-order valence-corrected chi connectivity index (χ0v) is 11.1. The Morgan fingerprint density at radius 3 is 2.90 bits per heavy atom. The molecule has 10 nitrogen and oxygen atoms in total. The Labute approximate surface area is 117 Å². The fraction of sp³-hybridized carbons (Fsp3) is 0.545. The van der Waals surface area contributed by atoms with Crippen LogP contribution < -0.4 is 11.3 Å². The maximum absolute atomic E-state index is 11.8. The predicted molar refractivity (Wildman–Crippen MR) is 70.2 cm³/mol. The smallest absolute Gasteiger partial charge is 0.280 e. The molecule has 3 rings (SSSR count). The minimum atomic E-state index is -1.44. The number of nitrogens with one attached hydrogen (secondary N) is 1. The maximum Gasteiger partial charge on any atom is 0.280 e. The molecule has 1 aliphatic heterocycles. The van der Waals surface area contributed by atoms with Gasteiger partial charge < -0.3 is 25.8 Å². The summed E-state index contributed by atoms with van der Waals surface area (Å²) in [5.74, 6) is -0.107. The summed E-state index contributed by atoms with van der Waals surface area (Å²) in [6.07, 6.45) is -2.31. The lowest BCUT2D eigenvalue weighted by Crippen LogP contribution is -2.43. The molecule has 1 aliphatic rings. The van der Waals surface area contributed by atoms with Gasteiger partial charge in [0.1, 0.15) is 18.3 Å². The zero-order valence-electron chi connectivity index (χ0n) is 11.1. The summed E-state index contributed by atoms with van der Waals surface area (Å²) in [6.45, 7) is 1.04. The highest BCUT2D eigenvalue weighted by molar-refractivity contribution is 5.70. The number of hydrogen-bond donors (Lipinski definition) is 5. The first kappa shape index (κ1) is 13.9. The van der Waals surface area contributed by atoms with Crippen molar-refractivity contribution in [3.8, 4) is 0 Å². The number of aromatic nitrogens is 4. The molecule has 2 aromatic heterocycles. The third-order valence-corrected chi connectivity index (χ3v) is 3.73. The average molecular weight is 297 g/mol. The van der Waals surface area contributed by atoms with Gasteiger partial charge in [0.25, 0.3) is 5.56 Å². The summed E-state index contributed by atoms with van der Waals surface area (Å²) in [7, 11) is 0. The summed E-state index contributed by atoms with van der Waals surface area (Å²) in [5, 5.41) is 29.3. The Kier molecular flexibility index (Phi) is 2.99. The number of hydrogen-bond acceptors (Lipinski definition) is 8. The Morgan fingerprint density at radius 2 is 2.29 bits per heavy atom. The number of nitrogen functional groups attached to an aromatic ring is 1. The summed E-state index contributed by atoms with van der Waals surface area (Å²) < 4.78 is 6.85. The highest BCUT2D eigenvalue weighted by Crippen LogP contribution is 2.36. The van der Waals surface area contributed by atoms with Crippen LogP contribution >= 0.6 is 0 Å². The van der Waals surface area contributed by atoms with Crippen LogP contribution in [-0.2, 0) is 10.5 Å². The molecule has 0 aliphatic carbocycles. The van der Waals surface area contributed by atoms with E-state index in [0.29, 0.717) is 0 Å². The Balaban J connectivity index is 2.19. The van der Waals surface area contributed by atoms with Gasteiger partial charge in [-0.05, 0) is 6.92 Å². The quantitative estimate of drug-likeness (QED) is 0.406. The van der Waals surface area contributed by atoms with Gasteiger partial charge in [0.05, 0.1) is 12.9 Å². The van der Waals surface area contributed by atoms with E-state index < -0.39 is 36.2 Å². The van der Waals surface area contributed by atoms with Crippen LogP contribution in [0.5, 0.6) is 0 Å². The van der Waals surface area contributed by atoms with E-state index in [1.165, 1.54) is 17.8 Å². The number of aliphatic hydroxyl groups excluding tert-OH is 3. The molecule has 4 atom stereocenters. The molecule has 0 radical (unpaired) electrons.